The smallest absolute Gasteiger partial charge is 0.253 e. The van der Waals surface area contributed by atoms with Crippen molar-refractivity contribution in [1.29, 1.82) is 0 Å². The molecule has 1 fully saturated rings. The Balaban J connectivity index is 1.42. The van der Waals surface area contributed by atoms with Crippen molar-refractivity contribution in [2.45, 2.75) is 12.8 Å². The van der Waals surface area contributed by atoms with Gasteiger partial charge in [0.2, 0.25) is 0 Å². The number of carbonyl (C=O) groups is 2. The number of piperidine rings is 1. The van der Waals surface area contributed by atoms with E-state index in [1.807, 2.05) is 88.6 Å². The highest BCUT2D eigenvalue weighted by Gasteiger charge is 2.28. The van der Waals surface area contributed by atoms with Gasteiger partial charge in [-0.15, -0.1) is 0 Å². The summed E-state index contributed by atoms with van der Waals surface area (Å²) < 4.78 is 1.99. The second-order valence-electron chi connectivity index (χ2n) is 6.94. The standard InChI is InChI=1S/C23H22N2O2/c26-22(18-7-2-1-3-8-18)19-11-15-25(16-12-19)23(27)20-9-6-10-21(17-20)24-13-4-5-14-24/h1-10,13-14,17,19H,11-12,15-16H2. The van der Waals surface area contributed by atoms with Crippen LogP contribution in [-0.4, -0.2) is 34.2 Å². The molecule has 0 radical (unpaired) electrons. The molecule has 0 unspecified atom stereocenters. The Morgan fingerprint density at radius 1 is 0.778 bits per heavy atom. The summed E-state index contributed by atoms with van der Waals surface area (Å²) in [4.78, 5) is 27.4. The molecule has 2 aromatic carbocycles. The lowest BCUT2D eigenvalue weighted by molar-refractivity contribution is 0.0650. The first-order valence-corrected chi connectivity index (χ1v) is 9.34. The molecule has 136 valence electrons. The molecule has 0 saturated carbocycles. The molecule has 1 amide bonds. The molecule has 27 heavy (non-hydrogen) atoms. The molecule has 4 heteroatoms. The topological polar surface area (TPSA) is 42.3 Å². The van der Waals surface area contributed by atoms with Gasteiger partial charge in [0.15, 0.2) is 5.78 Å². The van der Waals surface area contributed by atoms with E-state index < -0.39 is 0 Å². The van der Waals surface area contributed by atoms with Gasteiger partial charge in [-0.1, -0.05) is 36.4 Å². The normalized spacial score (nSPS) is 14.9. The van der Waals surface area contributed by atoms with E-state index in [0.29, 0.717) is 18.7 Å². The minimum Gasteiger partial charge on any atom is -0.339 e. The fourth-order valence-electron chi connectivity index (χ4n) is 3.67. The van der Waals surface area contributed by atoms with Crippen molar-refractivity contribution in [1.82, 2.24) is 9.47 Å². The van der Waals surface area contributed by atoms with Crippen LogP contribution in [0.2, 0.25) is 0 Å². The van der Waals surface area contributed by atoms with Gasteiger partial charge in [0, 0.05) is 48.2 Å². The third-order valence-corrected chi connectivity index (χ3v) is 5.21. The molecule has 0 N–H and O–H groups in total. The van der Waals surface area contributed by atoms with Crippen molar-refractivity contribution in [2.75, 3.05) is 13.1 Å². The Hall–Kier alpha value is -3.14. The van der Waals surface area contributed by atoms with Gasteiger partial charge in [0.1, 0.15) is 0 Å². The lowest BCUT2D eigenvalue weighted by atomic mass is 9.88. The molecule has 0 aliphatic carbocycles. The van der Waals surface area contributed by atoms with Crippen LogP contribution in [0.3, 0.4) is 0 Å². The van der Waals surface area contributed by atoms with E-state index in [4.69, 9.17) is 0 Å². The van der Waals surface area contributed by atoms with Crippen LogP contribution >= 0.6 is 0 Å². The second kappa shape index (κ2) is 7.62. The Morgan fingerprint density at radius 3 is 2.15 bits per heavy atom. The fourth-order valence-corrected chi connectivity index (χ4v) is 3.67. The molecule has 1 aliphatic rings. The minimum absolute atomic E-state index is 0.00246. The predicted octanol–water partition coefficient (Wildman–Crippen LogP) is 4.21. The highest BCUT2D eigenvalue weighted by atomic mass is 16.2. The molecule has 1 saturated heterocycles. The number of rotatable bonds is 4. The predicted molar refractivity (Wildman–Crippen MR) is 105 cm³/mol. The number of hydrogen-bond acceptors (Lipinski definition) is 2. The summed E-state index contributed by atoms with van der Waals surface area (Å²) >= 11 is 0. The number of likely N-dealkylation sites (tertiary alicyclic amines) is 1. The Morgan fingerprint density at radius 2 is 1.44 bits per heavy atom. The maximum absolute atomic E-state index is 12.9. The molecule has 2 heterocycles. The second-order valence-corrected chi connectivity index (χ2v) is 6.94. The van der Waals surface area contributed by atoms with Gasteiger partial charge in [0.05, 0.1) is 0 Å². The number of Topliss-reactive ketones (excluding diaryl/α,β-unsaturated/α-hetero) is 1. The lowest BCUT2D eigenvalue weighted by Crippen LogP contribution is -2.40. The maximum atomic E-state index is 12.9. The molecular formula is C23H22N2O2. The van der Waals surface area contributed by atoms with Crippen LogP contribution in [0.1, 0.15) is 33.6 Å². The number of nitrogens with zero attached hydrogens (tertiary/aromatic N) is 2. The fraction of sp³-hybridized carbons (Fsp3) is 0.217. The van der Waals surface area contributed by atoms with E-state index in [0.717, 1.165) is 24.1 Å². The zero-order valence-electron chi connectivity index (χ0n) is 15.1. The number of hydrogen-bond donors (Lipinski definition) is 0. The summed E-state index contributed by atoms with van der Waals surface area (Å²) in [5, 5.41) is 0. The first-order valence-electron chi connectivity index (χ1n) is 9.34. The number of aromatic nitrogens is 1. The summed E-state index contributed by atoms with van der Waals surface area (Å²) in [7, 11) is 0. The highest BCUT2D eigenvalue weighted by molar-refractivity contribution is 5.98. The van der Waals surface area contributed by atoms with Crippen molar-refractivity contribution < 1.29 is 9.59 Å². The highest BCUT2D eigenvalue weighted by Crippen LogP contribution is 2.23. The number of benzene rings is 2. The van der Waals surface area contributed by atoms with Gasteiger partial charge in [-0.2, -0.15) is 0 Å². The molecule has 0 atom stereocenters. The van der Waals surface area contributed by atoms with Crippen LogP contribution in [0.15, 0.2) is 79.1 Å². The molecule has 0 bridgehead atoms. The maximum Gasteiger partial charge on any atom is 0.253 e. The first kappa shape index (κ1) is 17.3. The van der Waals surface area contributed by atoms with Crippen LogP contribution < -0.4 is 0 Å². The first-order chi connectivity index (χ1) is 13.2. The zero-order valence-corrected chi connectivity index (χ0v) is 15.1. The average Bonchev–Trinajstić information content (AvgIpc) is 3.29. The van der Waals surface area contributed by atoms with Gasteiger partial charge < -0.3 is 9.47 Å². The van der Waals surface area contributed by atoms with Gasteiger partial charge in [0.25, 0.3) is 5.91 Å². The van der Waals surface area contributed by atoms with Crippen molar-refractivity contribution in [3.63, 3.8) is 0 Å². The third-order valence-electron chi connectivity index (χ3n) is 5.21. The van der Waals surface area contributed by atoms with E-state index in [1.165, 1.54) is 0 Å². The minimum atomic E-state index is 0.00246. The quantitative estimate of drug-likeness (QED) is 0.656. The van der Waals surface area contributed by atoms with Gasteiger partial charge in [-0.3, -0.25) is 9.59 Å². The molecule has 1 aromatic heterocycles. The van der Waals surface area contributed by atoms with Crippen LogP contribution in [0.5, 0.6) is 0 Å². The van der Waals surface area contributed by atoms with Crippen LogP contribution in [0.25, 0.3) is 5.69 Å². The van der Waals surface area contributed by atoms with Crippen molar-refractivity contribution in [3.8, 4) is 5.69 Å². The summed E-state index contributed by atoms with van der Waals surface area (Å²) in [5.74, 6) is 0.231. The lowest BCUT2D eigenvalue weighted by Gasteiger charge is -2.31. The SMILES string of the molecule is O=C(c1ccccc1)C1CCN(C(=O)c2cccc(-n3cccc3)c2)CC1. The Kier molecular flexibility index (Phi) is 4.88. The van der Waals surface area contributed by atoms with E-state index in [2.05, 4.69) is 0 Å². The monoisotopic (exact) mass is 358 g/mol. The van der Waals surface area contributed by atoms with Crippen molar-refractivity contribution >= 4 is 11.7 Å². The largest absolute Gasteiger partial charge is 0.339 e. The number of carbonyl (C=O) groups excluding carboxylic acids is 2. The number of ketones is 1. The summed E-state index contributed by atoms with van der Waals surface area (Å²) in [6, 6.07) is 21.0. The van der Waals surface area contributed by atoms with E-state index in [-0.39, 0.29) is 17.6 Å². The van der Waals surface area contributed by atoms with Crippen molar-refractivity contribution in [3.05, 3.63) is 90.3 Å². The summed E-state index contributed by atoms with van der Waals surface area (Å²) in [5.41, 5.74) is 2.43. The van der Waals surface area contributed by atoms with E-state index >= 15 is 0 Å². The zero-order chi connectivity index (χ0) is 18.6. The Labute approximate surface area is 159 Å². The molecule has 1 aliphatic heterocycles. The van der Waals surface area contributed by atoms with Crippen LogP contribution in [0.4, 0.5) is 0 Å². The van der Waals surface area contributed by atoms with Crippen LogP contribution in [-0.2, 0) is 0 Å². The summed E-state index contributed by atoms with van der Waals surface area (Å²) in [6.45, 7) is 1.24. The molecule has 0 spiro atoms. The van der Waals surface area contributed by atoms with Gasteiger partial charge in [-0.05, 0) is 43.2 Å². The van der Waals surface area contributed by atoms with Gasteiger partial charge >= 0.3 is 0 Å². The molecule has 3 aromatic rings. The van der Waals surface area contributed by atoms with Gasteiger partial charge in [-0.25, -0.2) is 0 Å². The molecular weight excluding hydrogens is 336 g/mol. The van der Waals surface area contributed by atoms with E-state index in [9.17, 15) is 9.59 Å². The Bertz CT molecular complexity index is 924. The van der Waals surface area contributed by atoms with Crippen molar-refractivity contribution in [2.24, 2.45) is 5.92 Å². The van der Waals surface area contributed by atoms with E-state index in [1.54, 1.807) is 0 Å². The molecule has 4 nitrogen and oxygen atoms in total. The van der Waals surface area contributed by atoms with Crippen LogP contribution in [0, 0.1) is 5.92 Å². The number of amides is 1. The summed E-state index contributed by atoms with van der Waals surface area (Å²) in [6.07, 6.45) is 5.36. The molecule has 4 rings (SSSR count). The average molecular weight is 358 g/mol. The third kappa shape index (κ3) is 3.70.